The van der Waals surface area contributed by atoms with E-state index in [1.54, 1.807) is 0 Å². The van der Waals surface area contributed by atoms with Crippen molar-refractivity contribution in [3.63, 3.8) is 0 Å². The average Bonchev–Trinajstić information content (AvgIpc) is 4.09. The van der Waals surface area contributed by atoms with E-state index < -0.39 is 0 Å². The summed E-state index contributed by atoms with van der Waals surface area (Å²) in [6.07, 6.45) is 0. The molecule has 3 aromatic heterocycles. The predicted octanol–water partition coefficient (Wildman–Crippen LogP) is 16.3. The lowest BCUT2D eigenvalue weighted by Gasteiger charge is -2.45. The molecule has 0 saturated carbocycles. The Labute approximate surface area is 420 Å². The van der Waals surface area contributed by atoms with Crippen molar-refractivity contribution in [1.29, 1.82) is 0 Å². The van der Waals surface area contributed by atoms with Crippen LogP contribution < -0.4 is 26.2 Å². The Balaban J connectivity index is 1.20. The van der Waals surface area contributed by atoms with Gasteiger partial charge in [0.15, 0.2) is 11.5 Å². The molecule has 0 N–H and O–H groups in total. The lowest BCUT2D eigenvalue weighted by Crippen LogP contribution is -2.61. The summed E-state index contributed by atoms with van der Waals surface area (Å²) in [5, 5.41) is 4.52. The lowest BCUT2D eigenvalue weighted by atomic mass is 9.33. The SMILES string of the molecule is CC(C)(C)c1ccc2c(c1)B1c3cc(C(C)(C)C)ccc3N(c3c(-c4ccccc4)oc4ccccc34)c3cc(-n4c5ccccc5c5ccccc54)cc(c31)N2c1c(-c2ccccc2)oc2ccccc12. The van der Waals surface area contributed by atoms with Crippen molar-refractivity contribution in [2.45, 2.75) is 52.4 Å². The molecule has 0 radical (unpaired) electrons. The number of hydrogen-bond donors (Lipinski definition) is 0. The van der Waals surface area contributed by atoms with Crippen LogP contribution in [0.5, 0.6) is 0 Å². The van der Waals surface area contributed by atoms with E-state index in [1.807, 2.05) is 0 Å². The molecule has 0 aliphatic carbocycles. The zero-order valence-electron chi connectivity index (χ0n) is 41.4. The summed E-state index contributed by atoms with van der Waals surface area (Å²) in [5.41, 5.74) is 19.7. The van der Waals surface area contributed by atoms with Crippen LogP contribution in [0.25, 0.3) is 72.1 Å². The maximum absolute atomic E-state index is 7.09. The fourth-order valence-electron chi connectivity index (χ4n) is 11.8. The fraction of sp³-hybridized carbons (Fsp3) is 0.121. The zero-order valence-corrected chi connectivity index (χ0v) is 41.4. The third kappa shape index (κ3) is 6.27. The molecule has 0 saturated heterocycles. The van der Waals surface area contributed by atoms with Crippen molar-refractivity contribution in [2.24, 2.45) is 0 Å². The van der Waals surface area contributed by atoms with Crippen LogP contribution in [0.15, 0.2) is 215 Å². The molecule has 0 spiro atoms. The molecule has 12 aromatic rings. The predicted molar refractivity (Wildman–Crippen MR) is 303 cm³/mol. The van der Waals surface area contributed by atoms with Gasteiger partial charge < -0.3 is 23.2 Å². The number of hydrogen-bond acceptors (Lipinski definition) is 4. The Hall–Kier alpha value is -8.48. The third-order valence-electron chi connectivity index (χ3n) is 15.3. The molecule has 5 heterocycles. The Morgan fingerprint density at radius 2 is 0.764 bits per heavy atom. The monoisotopic (exact) mass is 929 g/mol. The molecule has 2 aliphatic heterocycles. The summed E-state index contributed by atoms with van der Waals surface area (Å²) in [6.45, 7) is 13.8. The molecule has 0 bridgehead atoms. The molecule has 5 nitrogen and oxygen atoms in total. The normalized spacial score (nSPS) is 13.3. The van der Waals surface area contributed by atoms with E-state index in [-0.39, 0.29) is 17.5 Å². The van der Waals surface area contributed by atoms with E-state index >= 15 is 0 Å². The second-order valence-electron chi connectivity index (χ2n) is 21.7. The first-order valence-electron chi connectivity index (χ1n) is 25.2. The van der Waals surface area contributed by atoms with Crippen LogP contribution in [0.4, 0.5) is 34.1 Å². The van der Waals surface area contributed by atoms with Crippen LogP contribution in [0.3, 0.4) is 0 Å². The van der Waals surface area contributed by atoms with Crippen LogP contribution in [0.1, 0.15) is 52.7 Å². The molecule has 0 unspecified atom stereocenters. The summed E-state index contributed by atoms with van der Waals surface area (Å²) < 4.78 is 16.7. The van der Waals surface area contributed by atoms with Crippen molar-refractivity contribution >= 4 is 101 Å². The van der Waals surface area contributed by atoms with Gasteiger partial charge in [-0.3, -0.25) is 0 Å². The second kappa shape index (κ2) is 15.5. The third-order valence-corrected chi connectivity index (χ3v) is 15.3. The molecule has 72 heavy (non-hydrogen) atoms. The van der Waals surface area contributed by atoms with Crippen LogP contribution in [0, 0.1) is 0 Å². The molecule has 0 atom stereocenters. The highest BCUT2D eigenvalue weighted by molar-refractivity contribution is 7.00. The minimum atomic E-state index is -0.138. The number of rotatable bonds is 5. The smallest absolute Gasteiger partial charge is 0.252 e. The summed E-state index contributed by atoms with van der Waals surface area (Å²) in [4.78, 5) is 5.09. The fourth-order valence-corrected chi connectivity index (χ4v) is 11.8. The van der Waals surface area contributed by atoms with Crippen LogP contribution in [-0.2, 0) is 10.8 Å². The van der Waals surface area contributed by atoms with Gasteiger partial charge in [0.1, 0.15) is 22.5 Å². The van der Waals surface area contributed by atoms with Crippen LogP contribution >= 0.6 is 0 Å². The number of nitrogens with zero attached hydrogens (tertiary/aromatic N) is 3. The van der Waals surface area contributed by atoms with Gasteiger partial charge in [0, 0.05) is 55.4 Å². The molecule has 14 rings (SSSR count). The Kier molecular flexibility index (Phi) is 9.14. The van der Waals surface area contributed by atoms with Crippen LogP contribution in [0.2, 0.25) is 0 Å². The van der Waals surface area contributed by atoms with E-state index in [2.05, 4.69) is 262 Å². The Morgan fingerprint density at radius 1 is 0.375 bits per heavy atom. The van der Waals surface area contributed by atoms with E-state index in [9.17, 15) is 0 Å². The zero-order chi connectivity index (χ0) is 48.6. The van der Waals surface area contributed by atoms with Gasteiger partial charge in [0.25, 0.3) is 6.71 Å². The number of para-hydroxylation sites is 4. The molecular weight excluding hydrogens is 878 g/mol. The number of benzene rings is 9. The van der Waals surface area contributed by atoms with Gasteiger partial charge in [-0.2, -0.15) is 0 Å². The van der Waals surface area contributed by atoms with Crippen LogP contribution in [-0.4, -0.2) is 11.3 Å². The van der Waals surface area contributed by atoms with Crippen molar-refractivity contribution < 1.29 is 8.83 Å². The Morgan fingerprint density at radius 3 is 1.19 bits per heavy atom. The molecule has 9 aromatic carbocycles. The first-order chi connectivity index (χ1) is 35.0. The van der Waals surface area contributed by atoms with E-state index in [0.717, 1.165) is 95.4 Å². The minimum absolute atomic E-state index is 0.113. The van der Waals surface area contributed by atoms with E-state index in [1.165, 1.54) is 38.3 Å². The molecular formula is C66H52BN3O2. The van der Waals surface area contributed by atoms with Gasteiger partial charge >= 0.3 is 0 Å². The van der Waals surface area contributed by atoms with Gasteiger partial charge in [0.05, 0.1) is 16.7 Å². The summed E-state index contributed by atoms with van der Waals surface area (Å²) in [6, 6.07) is 75.4. The standard InChI is InChI=1S/C66H52BN3O2/c1-65(2,3)43-33-35-54-50(37-43)67-51-38-44(66(4,5)6)34-36-55(51)70(62-49-28-16-20-32-59(49)72-64(62)42-23-11-8-12-24-42)57-40-45(68-52-29-17-13-25-46(52)47-26-14-18-30-53(47)68)39-56(60(57)67)69(54)61-48-27-15-19-31-58(48)71-63(61)41-21-9-7-10-22-41/h7-40H,1-6H3. The number of aromatic nitrogens is 1. The van der Waals surface area contributed by atoms with Gasteiger partial charge in [-0.25, -0.2) is 0 Å². The summed E-state index contributed by atoms with van der Waals surface area (Å²) in [5.74, 6) is 1.65. The largest absolute Gasteiger partial charge is 0.454 e. The van der Waals surface area contributed by atoms with Crippen molar-refractivity contribution in [3.05, 3.63) is 217 Å². The average molecular weight is 930 g/mol. The minimum Gasteiger partial charge on any atom is -0.454 e. The Bertz CT molecular complexity index is 3890. The van der Waals surface area contributed by atoms with Crippen molar-refractivity contribution in [2.75, 3.05) is 9.80 Å². The molecule has 0 fully saturated rings. The first kappa shape index (κ1) is 42.4. The van der Waals surface area contributed by atoms with Crippen molar-refractivity contribution in [3.8, 4) is 28.3 Å². The second-order valence-corrected chi connectivity index (χ2v) is 21.7. The lowest BCUT2D eigenvalue weighted by molar-refractivity contribution is 0.590. The molecule has 6 heteroatoms. The maximum atomic E-state index is 7.09. The van der Waals surface area contributed by atoms with Gasteiger partial charge in [0.2, 0.25) is 0 Å². The highest BCUT2D eigenvalue weighted by Gasteiger charge is 2.46. The summed E-state index contributed by atoms with van der Waals surface area (Å²) in [7, 11) is 0. The van der Waals surface area contributed by atoms with E-state index in [0.29, 0.717) is 0 Å². The summed E-state index contributed by atoms with van der Waals surface area (Å²) >= 11 is 0. The first-order valence-corrected chi connectivity index (χ1v) is 25.2. The van der Waals surface area contributed by atoms with Gasteiger partial charge in [-0.05, 0) is 99.0 Å². The number of fused-ring (bicyclic) bond motifs is 9. The topological polar surface area (TPSA) is 37.7 Å². The van der Waals surface area contributed by atoms with E-state index in [4.69, 9.17) is 8.83 Å². The molecule has 346 valence electrons. The number of furan rings is 2. The molecule has 2 aliphatic rings. The highest BCUT2D eigenvalue weighted by Crippen LogP contribution is 2.54. The quantitative estimate of drug-likeness (QED) is 0.161. The van der Waals surface area contributed by atoms with Crippen molar-refractivity contribution in [1.82, 2.24) is 4.57 Å². The molecule has 0 amide bonds. The van der Waals surface area contributed by atoms with Gasteiger partial charge in [-0.1, -0.05) is 187 Å². The van der Waals surface area contributed by atoms with Gasteiger partial charge in [-0.15, -0.1) is 0 Å². The highest BCUT2D eigenvalue weighted by atomic mass is 16.3. The number of anilines is 6. The maximum Gasteiger partial charge on any atom is 0.252 e.